The number of carbonyl (C=O) groups is 3. The molecule has 234 valence electrons. The van der Waals surface area contributed by atoms with E-state index in [9.17, 15) is 14.4 Å². The summed E-state index contributed by atoms with van der Waals surface area (Å²) >= 11 is 6.46. The van der Waals surface area contributed by atoms with Crippen LogP contribution in [0.4, 0.5) is 10.7 Å². The minimum Gasteiger partial charge on any atom is -0.444 e. The van der Waals surface area contributed by atoms with Crippen LogP contribution in [-0.4, -0.2) is 88.7 Å². The lowest BCUT2D eigenvalue weighted by molar-refractivity contribution is -0.122. The van der Waals surface area contributed by atoms with Gasteiger partial charge in [-0.15, -0.1) is 0 Å². The van der Waals surface area contributed by atoms with E-state index in [1.165, 1.54) is 0 Å². The molecule has 0 saturated carbocycles. The van der Waals surface area contributed by atoms with Gasteiger partial charge in [-0.1, -0.05) is 23.7 Å². The Bertz CT molecular complexity index is 1310. The van der Waals surface area contributed by atoms with Crippen LogP contribution in [0, 0.1) is 0 Å². The molecule has 4 rings (SSSR count). The number of carbonyl (C=O) groups excluding carboxylic acids is 3. The van der Waals surface area contributed by atoms with E-state index in [1.54, 1.807) is 29.1 Å². The summed E-state index contributed by atoms with van der Waals surface area (Å²) < 4.78 is 10.8. The van der Waals surface area contributed by atoms with Gasteiger partial charge in [-0.25, -0.2) is 14.8 Å². The fourth-order valence-electron chi connectivity index (χ4n) is 5.10. The van der Waals surface area contributed by atoms with Gasteiger partial charge < -0.3 is 29.9 Å². The molecule has 2 aliphatic heterocycles. The zero-order chi connectivity index (χ0) is 31.1. The number of hydrogen-bond donors (Lipinski definition) is 2. The molecule has 2 aliphatic rings. The number of amides is 3. The zero-order valence-corrected chi connectivity index (χ0v) is 26.5. The number of halogens is 1. The van der Waals surface area contributed by atoms with E-state index >= 15 is 0 Å². The highest BCUT2D eigenvalue weighted by atomic mass is 35.5. The van der Waals surface area contributed by atoms with E-state index in [1.807, 2.05) is 39.8 Å². The molecule has 3 amide bonds. The number of nitrogens with one attached hydrogen (secondary N) is 2. The summed E-state index contributed by atoms with van der Waals surface area (Å²) in [6, 6.07) is 5.75. The molecule has 0 aliphatic carbocycles. The number of unbranched alkanes of at least 4 members (excludes halogenated alkanes) is 1. The second-order valence-electron chi connectivity index (χ2n) is 12.3. The first-order valence-electron chi connectivity index (χ1n) is 14.9. The van der Waals surface area contributed by atoms with Gasteiger partial charge in [0.1, 0.15) is 12.1 Å². The van der Waals surface area contributed by atoms with Crippen LogP contribution in [-0.2, 0) is 20.8 Å². The molecule has 12 heteroatoms. The van der Waals surface area contributed by atoms with E-state index in [4.69, 9.17) is 21.1 Å². The Morgan fingerprint density at radius 3 is 2.70 bits per heavy atom. The lowest BCUT2D eigenvalue weighted by Gasteiger charge is -2.24. The number of benzene rings is 1. The van der Waals surface area contributed by atoms with Crippen LogP contribution in [0.1, 0.15) is 75.7 Å². The van der Waals surface area contributed by atoms with Crippen molar-refractivity contribution in [3.63, 3.8) is 0 Å². The van der Waals surface area contributed by atoms with E-state index in [2.05, 4.69) is 20.6 Å². The topological polar surface area (TPSA) is 126 Å². The molecule has 0 unspecified atom stereocenters. The summed E-state index contributed by atoms with van der Waals surface area (Å²) in [5.41, 5.74) is 2.13. The standard InChI is InChI=1S/C31H43ClN6O5/c1-20(8-6-7-13-37(5)30(41)43-31(2,3)4)34-26(39)19-38-18-22-10-9-21(16-24(22)28(38)40)27-25(32)17-33-29(36-27)35-23-11-14-42-15-12-23/h9-10,16-17,20,23H,6-8,11-15,18-19H2,1-5H3,(H,34,39)(H,33,35,36)/t20-/m1/s1. The first-order chi connectivity index (χ1) is 20.4. The first-order valence-corrected chi connectivity index (χ1v) is 15.3. The Kier molecular flexibility index (Phi) is 10.8. The molecule has 0 spiro atoms. The lowest BCUT2D eigenvalue weighted by Crippen LogP contribution is -2.41. The average Bonchev–Trinajstić information content (AvgIpc) is 3.25. The van der Waals surface area contributed by atoms with Crippen molar-refractivity contribution >= 4 is 35.5 Å². The van der Waals surface area contributed by atoms with E-state index in [-0.39, 0.29) is 36.5 Å². The van der Waals surface area contributed by atoms with Crippen molar-refractivity contribution in [3.8, 4) is 11.3 Å². The molecule has 1 fully saturated rings. The highest BCUT2D eigenvalue weighted by Crippen LogP contribution is 2.31. The molecule has 2 N–H and O–H groups in total. The summed E-state index contributed by atoms with van der Waals surface area (Å²) in [6.07, 6.45) is 5.37. The SMILES string of the molecule is C[C@H](CCCCN(C)C(=O)OC(C)(C)C)NC(=O)CN1Cc2ccc(-c3nc(NC4CCOCC4)ncc3Cl)cc2C1=O. The fourth-order valence-corrected chi connectivity index (χ4v) is 5.30. The Balaban J connectivity index is 1.26. The molecule has 0 radical (unpaired) electrons. The van der Waals surface area contributed by atoms with Crippen molar-refractivity contribution in [1.29, 1.82) is 0 Å². The normalized spacial score (nSPS) is 16.0. The van der Waals surface area contributed by atoms with E-state index in [0.29, 0.717) is 54.1 Å². The van der Waals surface area contributed by atoms with Gasteiger partial charge in [0.25, 0.3) is 5.91 Å². The van der Waals surface area contributed by atoms with E-state index in [0.717, 1.165) is 37.7 Å². The summed E-state index contributed by atoms with van der Waals surface area (Å²) in [5, 5.41) is 6.74. The molecular weight excluding hydrogens is 572 g/mol. The molecule has 2 aromatic rings. The van der Waals surface area contributed by atoms with Crippen molar-refractivity contribution in [1.82, 2.24) is 25.1 Å². The quantitative estimate of drug-likeness (QED) is 0.343. The van der Waals surface area contributed by atoms with Gasteiger partial charge >= 0.3 is 6.09 Å². The highest BCUT2D eigenvalue weighted by Gasteiger charge is 2.30. The van der Waals surface area contributed by atoms with Gasteiger partial charge in [-0.05, 0) is 71.4 Å². The summed E-state index contributed by atoms with van der Waals surface area (Å²) in [6.45, 7) is 9.78. The summed E-state index contributed by atoms with van der Waals surface area (Å²) in [4.78, 5) is 50.2. The number of hydrogen-bond acceptors (Lipinski definition) is 8. The van der Waals surface area contributed by atoms with Gasteiger partial charge in [-0.2, -0.15) is 0 Å². The van der Waals surface area contributed by atoms with Crippen LogP contribution in [0.3, 0.4) is 0 Å². The fraction of sp³-hybridized carbons (Fsp3) is 0.581. The minimum atomic E-state index is -0.526. The maximum atomic E-state index is 13.2. The molecule has 11 nitrogen and oxygen atoms in total. The summed E-state index contributed by atoms with van der Waals surface area (Å²) in [5.74, 6) is 0.0820. The van der Waals surface area contributed by atoms with Gasteiger partial charge in [0, 0.05) is 56.6 Å². The van der Waals surface area contributed by atoms with Crippen molar-refractivity contribution < 1.29 is 23.9 Å². The van der Waals surface area contributed by atoms with Crippen molar-refractivity contribution in [2.24, 2.45) is 0 Å². The number of anilines is 1. The first kappa shape index (κ1) is 32.5. The van der Waals surface area contributed by atoms with Gasteiger partial charge in [-0.3, -0.25) is 9.59 Å². The molecule has 1 aromatic carbocycles. The van der Waals surface area contributed by atoms with Crippen LogP contribution in [0.25, 0.3) is 11.3 Å². The molecule has 1 atom stereocenters. The Hall–Kier alpha value is -3.44. The highest BCUT2D eigenvalue weighted by molar-refractivity contribution is 6.33. The van der Waals surface area contributed by atoms with Gasteiger partial charge in [0.15, 0.2) is 0 Å². The molecule has 3 heterocycles. The number of fused-ring (bicyclic) bond motifs is 1. The van der Waals surface area contributed by atoms with Crippen molar-refractivity contribution in [2.45, 2.75) is 84.0 Å². The monoisotopic (exact) mass is 614 g/mol. The number of ether oxygens (including phenoxy) is 2. The zero-order valence-electron chi connectivity index (χ0n) is 25.7. The Morgan fingerprint density at radius 1 is 1.23 bits per heavy atom. The van der Waals surface area contributed by atoms with E-state index < -0.39 is 5.60 Å². The van der Waals surface area contributed by atoms with Crippen LogP contribution in [0.15, 0.2) is 24.4 Å². The van der Waals surface area contributed by atoms with Gasteiger partial charge in [0.05, 0.1) is 16.9 Å². The molecule has 1 aromatic heterocycles. The number of nitrogens with zero attached hydrogens (tertiary/aromatic N) is 4. The van der Waals surface area contributed by atoms with Crippen LogP contribution < -0.4 is 10.6 Å². The Morgan fingerprint density at radius 2 is 1.98 bits per heavy atom. The third-order valence-corrected chi connectivity index (χ3v) is 7.67. The smallest absolute Gasteiger partial charge is 0.410 e. The number of rotatable bonds is 11. The molecule has 0 bridgehead atoms. The Labute approximate surface area is 258 Å². The van der Waals surface area contributed by atoms with Crippen LogP contribution >= 0.6 is 11.6 Å². The third kappa shape index (κ3) is 9.27. The maximum Gasteiger partial charge on any atom is 0.410 e. The molecular formula is C31H43ClN6O5. The minimum absolute atomic E-state index is 0.0258. The average molecular weight is 615 g/mol. The second kappa shape index (κ2) is 14.4. The van der Waals surface area contributed by atoms with Crippen LogP contribution in [0.5, 0.6) is 0 Å². The van der Waals surface area contributed by atoms with Crippen molar-refractivity contribution in [3.05, 3.63) is 40.5 Å². The predicted molar refractivity (Wildman–Crippen MR) is 165 cm³/mol. The van der Waals surface area contributed by atoms with Gasteiger partial charge in [0.2, 0.25) is 11.9 Å². The molecule has 43 heavy (non-hydrogen) atoms. The lowest BCUT2D eigenvalue weighted by atomic mass is 10.0. The van der Waals surface area contributed by atoms with Crippen LogP contribution in [0.2, 0.25) is 5.02 Å². The molecule has 1 saturated heterocycles. The number of aromatic nitrogens is 2. The maximum absolute atomic E-state index is 13.2. The second-order valence-corrected chi connectivity index (χ2v) is 12.7. The predicted octanol–water partition coefficient (Wildman–Crippen LogP) is 4.89. The summed E-state index contributed by atoms with van der Waals surface area (Å²) in [7, 11) is 1.72. The van der Waals surface area contributed by atoms with Crippen molar-refractivity contribution in [2.75, 3.05) is 38.7 Å². The third-order valence-electron chi connectivity index (χ3n) is 7.39. The largest absolute Gasteiger partial charge is 0.444 e.